The van der Waals surface area contributed by atoms with E-state index in [0.717, 1.165) is 0 Å². The summed E-state index contributed by atoms with van der Waals surface area (Å²) >= 11 is 0. The van der Waals surface area contributed by atoms with Crippen LogP contribution >= 0.6 is 0 Å². The zero-order chi connectivity index (χ0) is 21.6. The molecule has 0 radical (unpaired) electrons. The minimum Gasteiger partial charge on any atom is -0.484 e. The van der Waals surface area contributed by atoms with Gasteiger partial charge in [0.25, 0.3) is 11.8 Å². The first-order valence-corrected chi connectivity index (χ1v) is 9.81. The lowest BCUT2D eigenvalue weighted by atomic mass is 9.87. The number of ether oxygens (including phenoxy) is 1. The van der Waals surface area contributed by atoms with E-state index in [1.165, 1.54) is 5.56 Å². The monoisotopic (exact) mass is 402 g/mol. The number of carbonyl (C=O) groups excluding carboxylic acids is 2. The summed E-state index contributed by atoms with van der Waals surface area (Å²) in [5.74, 6) is 0.214. The van der Waals surface area contributed by atoms with Gasteiger partial charge in [0.15, 0.2) is 6.61 Å². The van der Waals surface area contributed by atoms with Gasteiger partial charge in [-0.25, -0.2) is 0 Å². The molecule has 0 aromatic heterocycles. The maximum atomic E-state index is 12.2. The van der Waals surface area contributed by atoms with Crippen molar-refractivity contribution in [1.29, 1.82) is 0 Å². The third kappa shape index (κ3) is 5.95. The van der Waals surface area contributed by atoms with E-state index in [0.29, 0.717) is 22.7 Å². The van der Waals surface area contributed by atoms with E-state index in [1.54, 1.807) is 36.4 Å². The van der Waals surface area contributed by atoms with Crippen molar-refractivity contribution < 1.29 is 14.3 Å². The van der Waals surface area contributed by atoms with E-state index in [4.69, 9.17) is 4.74 Å². The number of anilines is 2. The molecular weight excluding hydrogens is 376 g/mol. The molecule has 0 bridgehead atoms. The van der Waals surface area contributed by atoms with Crippen molar-refractivity contribution in [3.63, 3.8) is 0 Å². The Labute approximate surface area is 177 Å². The summed E-state index contributed by atoms with van der Waals surface area (Å²) in [5.41, 5.74) is 3.14. The van der Waals surface area contributed by atoms with Crippen LogP contribution in [0, 0.1) is 0 Å². The lowest BCUT2D eigenvalue weighted by Crippen LogP contribution is -2.20. The van der Waals surface area contributed by atoms with Gasteiger partial charge in [0.2, 0.25) is 0 Å². The molecule has 0 spiro atoms. The molecule has 2 N–H and O–H groups in total. The highest BCUT2D eigenvalue weighted by Crippen LogP contribution is 2.24. The number of nitrogens with one attached hydrogen (secondary N) is 2. The second-order valence-corrected chi connectivity index (χ2v) is 8.01. The van der Waals surface area contributed by atoms with Gasteiger partial charge in [0, 0.05) is 16.9 Å². The molecule has 3 aromatic rings. The molecule has 0 heterocycles. The number of carbonyl (C=O) groups is 2. The molecule has 0 aliphatic carbocycles. The minimum absolute atomic E-state index is 0.0721. The minimum atomic E-state index is -0.254. The maximum Gasteiger partial charge on any atom is 0.262 e. The molecule has 0 unspecified atom stereocenters. The van der Waals surface area contributed by atoms with Crippen molar-refractivity contribution in [2.24, 2.45) is 0 Å². The van der Waals surface area contributed by atoms with Crippen LogP contribution in [-0.2, 0) is 10.2 Å². The Morgan fingerprint density at radius 2 is 1.33 bits per heavy atom. The van der Waals surface area contributed by atoms with E-state index in [2.05, 4.69) is 31.4 Å². The van der Waals surface area contributed by atoms with E-state index in [9.17, 15) is 9.59 Å². The van der Waals surface area contributed by atoms with Crippen molar-refractivity contribution in [2.45, 2.75) is 26.2 Å². The summed E-state index contributed by atoms with van der Waals surface area (Å²) in [4.78, 5) is 24.3. The predicted molar refractivity (Wildman–Crippen MR) is 120 cm³/mol. The molecule has 0 atom stereocenters. The van der Waals surface area contributed by atoms with Crippen LogP contribution in [0.3, 0.4) is 0 Å². The van der Waals surface area contributed by atoms with E-state index in [-0.39, 0.29) is 23.8 Å². The number of hydrogen-bond donors (Lipinski definition) is 2. The topological polar surface area (TPSA) is 67.4 Å². The molecule has 3 aromatic carbocycles. The van der Waals surface area contributed by atoms with Crippen LogP contribution in [0.5, 0.6) is 5.75 Å². The fourth-order valence-electron chi connectivity index (χ4n) is 2.83. The fourth-order valence-corrected chi connectivity index (χ4v) is 2.83. The largest absolute Gasteiger partial charge is 0.484 e. The summed E-state index contributed by atoms with van der Waals surface area (Å²) in [6.07, 6.45) is 0. The molecular formula is C25H26N2O3. The van der Waals surface area contributed by atoms with E-state index in [1.807, 2.05) is 42.5 Å². The first-order chi connectivity index (χ1) is 14.3. The smallest absolute Gasteiger partial charge is 0.262 e. The number of benzene rings is 3. The summed E-state index contributed by atoms with van der Waals surface area (Å²) in [6, 6.07) is 23.7. The fraction of sp³-hybridized carbons (Fsp3) is 0.200. The average molecular weight is 402 g/mol. The Balaban J connectivity index is 1.49. The van der Waals surface area contributed by atoms with Gasteiger partial charge in [-0.3, -0.25) is 9.59 Å². The first kappa shape index (κ1) is 21.1. The second kappa shape index (κ2) is 9.27. The molecule has 0 saturated heterocycles. The van der Waals surface area contributed by atoms with E-state index < -0.39 is 0 Å². The summed E-state index contributed by atoms with van der Waals surface area (Å²) in [6.45, 7) is 6.36. The maximum absolute atomic E-state index is 12.2. The summed E-state index contributed by atoms with van der Waals surface area (Å²) in [7, 11) is 0. The highest BCUT2D eigenvalue weighted by Gasteiger charge is 2.13. The predicted octanol–water partition coefficient (Wildman–Crippen LogP) is 5.25. The molecule has 0 aliphatic heterocycles. The molecule has 154 valence electrons. The molecule has 5 heteroatoms. The van der Waals surface area contributed by atoms with Crippen molar-refractivity contribution in [3.05, 3.63) is 90.0 Å². The Morgan fingerprint density at radius 3 is 1.90 bits per heavy atom. The Bertz CT molecular complexity index is 989. The number of hydrogen-bond acceptors (Lipinski definition) is 3. The molecule has 30 heavy (non-hydrogen) atoms. The molecule has 0 aliphatic rings. The van der Waals surface area contributed by atoms with Crippen LogP contribution in [0.4, 0.5) is 11.4 Å². The third-order valence-electron chi connectivity index (χ3n) is 4.55. The van der Waals surface area contributed by atoms with Gasteiger partial charge in [-0.05, 0) is 59.5 Å². The zero-order valence-electron chi connectivity index (χ0n) is 17.4. The zero-order valence-corrected chi connectivity index (χ0v) is 17.4. The Hall–Kier alpha value is -3.60. The van der Waals surface area contributed by atoms with Crippen LogP contribution in [0.25, 0.3) is 0 Å². The summed E-state index contributed by atoms with van der Waals surface area (Å²) < 4.78 is 5.56. The number of rotatable bonds is 6. The molecule has 0 saturated carbocycles. The molecule has 0 fully saturated rings. The Morgan fingerprint density at radius 1 is 0.767 bits per heavy atom. The quantitative estimate of drug-likeness (QED) is 0.591. The molecule has 3 rings (SSSR count). The lowest BCUT2D eigenvalue weighted by molar-refractivity contribution is -0.118. The lowest BCUT2D eigenvalue weighted by Gasteiger charge is -2.19. The van der Waals surface area contributed by atoms with Crippen LogP contribution in [0.1, 0.15) is 36.7 Å². The van der Waals surface area contributed by atoms with Crippen LogP contribution in [0.2, 0.25) is 0 Å². The average Bonchev–Trinajstić information content (AvgIpc) is 2.74. The number of amides is 2. The Kier molecular flexibility index (Phi) is 6.52. The highest BCUT2D eigenvalue weighted by atomic mass is 16.5. The SMILES string of the molecule is CC(C)(C)c1ccc(OCC(=O)Nc2ccc(NC(=O)c3ccccc3)cc2)cc1. The van der Waals surface area contributed by atoms with Crippen molar-refractivity contribution in [1.82, 2.24) is 0 Å². The van der Waals surface area contributed by atoms with Crippen molar-refractivity contribution >= 4 is 23.2 Å². The van der Waals surface area contributed by atoms with Crippen LogP contribution in [-0.4, -0.2) is 18.4 Å². The van der Waals surface area contributed by atoms with Gasteiger partial charge < -0.3 is 15.4 Å². The van der Waals surface area contributed by atoms with Gasteiger partial charge in [-0.2, -0.15) is 0 Å². The van der Waals surface area contributed by atoms with E-state index >= 15 is 0 Å². The van der Waals surface area contributed by atoms with Gasteiger partial charge in [0.1, 0.15) is 5.75 Å². The second-order valence-electron chi connectivity index (χ2n) is 8.01. The normalized spacial score (nSPS) is 10.9. The van der Waals surface area contributed by atoms with Gasteiger partial charge >= 0.3 is 0 Å². The highest BCUT2D eigenvalue weighted by molar-refractivity contribution is 6.04. The van der Waals surface area contributed by atoms with Crippen molar-refractivity contribution in [2.75, 3.05) is 17.2 Å². The molecule has 2 amide bonds. The molecule has 5 nitrogen and oxygen atoms in total. The van der Waals surface area contributed by atoms with Crippen molar-refractivity contribution in [3.8, 4) is 5.75 Å². The van der Waals surface area contributed by atoms with Crippen LogP contribution in [0.15, 0.2) is 78.9 Å². The third-order valence-corrected chi connectivity index (χ3v) is 4.55. The summed E-state index contributed by atoms with van der Waals surface area (Å²) in [5, 5.41) is 5.61. The standard InChI is InChI=1S/C25H26N2O3/c1-25(2,3)19-9-15-22(16-10-19)30-17-23(28)26-20-11-13-21(14-12-20)27-24(29)18-7-5-4-6-8-18/h4-16H,17H2,1-3H3,(H,26,28)(H,27,29). The first-order valence-electron chi connectivity index (χ1n) is 9.81. The van der Waals surface area contributed by atoms with Crippen LogP contribution < -0.4 is 15.4 Å². The van der Waals surface area contributed by atoms with Gasteiger partial charge in [0.05, 0.1) is 0 Å². The van der Waals surface area contributed by atoms with Gasteiger partial charge in [-0.1, -0.05) is 51.1 Å². The van der Waals surface area contributed by atoms with Gasteiger partial charge in [-0.15, -0.1) is 0 Å².